The Morgan fingerprint density at radius 1 is 1.26 bits per heavy atom. The molecule has 0 atom stereocenters. The van der Waals surface area contributed by atoms with Gasteiger partial charge in [0.05, 0.1) is 5.56 Å². The van der Waals surface area contributed by atoms with E-state index in [9.17, 15) is 9.18 Å². The normalized spacial score (nSPS) is 10.3. The molecule has 1 N–H and O–H groups in total. The zero-order valence-corrected chi connectivity index (χ0v) is 11.6. The average Bonchev–Trinajstić information content (AvgIpc) is 2.33. The van der Waals surface area contributed by atoms with Crippen LogP contribution in [0.25, 0.3) is 0 Å². The fraction of sp³-hybridized carbons (Fsp3) is 0.0714. The number of benzene rings is 2. The van der Waals surface area contributed by atoms with E-state index in [1.165, 1.54) is 24.3 Å². The first-order chi connectivity index (χ1) is 8.97. The molecule has 19 heavy (non-hydrogen) atoms. The fourth-order valence-corrected chi connectivity index (χ4v) is 1.96. The van der Waals surface area contributed by atoms with Gasteiger partial charge in [0, 0.05) is 4.47 Å². The van der Waals surface area contributed by atoms with Crippen molar-refractivity contribution in [2.24, 2.45) is 0 Å². The van der Waals surface area contributed by atoms with E-state index in [2.05, 4.69) is 15.9 Å². The molecule has 0 amide bonds. The molecule has 0 aliphatic carbocycles. The highest BCUT2D eigenvalue weighted by atomic mass is 79.9. The molecule has 2 aromatic rings. The Balaban J connectivity index is 2.31. The quantitative estimate of drug-likeness (QED) is 0.910. The van der Waals surface area contributed by atoms with Crippen LogP contribution in [0.4, 0.5) is 4.39 Å². The van der Waals surface area contributed by atoms with Crippen molar-refractivity contribution < 1.29 is 19.0 Å². The van der Waals surface area contributed by atoms with Crippen molar-refractivity contribution in [2.75, 3.05) is 0 Å². The average molecular weight is 325 g/mol. The van der Waals surface area contributed by atoms with Crippen molar-refractivity contribution in [3.05, 3.63) is 57.8 Å². The third-order valence-corrected chi connectivity index (χ3v) is 3.04. The maximum Gasteiger partial charge on any atom is 0.335 e. The van der Waals surface area contributed by atoms with Crippen molar-refractivity contribution in [2.45, 2.75) is 6.92 Å². The van der Waals surface area contributed by atoms with Crippen LogP contribution in [0.5, 0.6) is 11.5 Å². The smallest absolute Gasteiger partial charge is 0.335 e. The minimum absolute atomic E-state index is 0.0804. The Kier molecular flexibility index (Phi) is 3.85. The molecule has 98 valence electrons. The molecule has 0 saturated heterocycles. The van der Waals surface area contributed by atoms with Gasteiger partial charge in [-0.25, -0.2) is 9.18 Å². The van der Waals surface area contributed by atoms with E-state index in [0.717, 1.165) is 0 Å². The summed E-state index contributed by atoms with van der Waals surface area (Å²) in [4.78, 5) is 10.9. The van der Waals surface area contributed by atoms with Gasteiger partial charge in [0.25, 0.3) is 0 Å². The van der Waals surface area contributed by atoms with Crippen molar-refractivity contribution in [1.82, 2.24) is 0 Å². The van der Waals surface area contributed by atoms with Gasteiger partial charge in [0.2, 0.25) is 0 Å². The number of hydrogen-bond donors (Lipinski definition) is 1. The molecule has 0 heterocycles. The molecule has 0 aromatic heterocycles. The predicted octanol–water partition coefficient (Wildman–Crippen LogP) is 4.39. The maximum absolute atomic E-state index is 13.5. The van der Waals surface area contributed by atoms with Crippen molar-refractivity contribution in [3.8, 4) is 11.5 Å². The Morgan fingerprint density at radius 2 is 2.00 bits per heavy atom. The van der Waals surface area contributed by atoms with E-state index in [0.29, 0.717) is 15.8 Å². The number of carbonyl (C=O) groups is 1. The van der Waals surface area contributed by atoms with E-state index in [-0.39, 0.29) is 11.3 Å². The summed E-state index contributed by atoms with van der Waals surface area (Å²) in [5.41, 5.74) is 0.752. The summed E-state index contributed by atoms with van der Waals surface area (Å²) in [5, 5.41) is 8.92. The monoisotopic (exact) mass is 324 g/mol. The van der Waals surface area contributed by atoms with Crippen LogP contribution in [0.1, 0.15) is 15.9 Å². The molecule has 0 spiro atoms. The van der Waals surface area contributed by atoms with Gasteiger partial charge in [0.15, 0.2) is 11.6 Å². The standard InChI is InChI=1S/C14H10BrFO3/c1-8-6-10(3-4-11(8)14(17)18)19-13-7-9(15)2-5-12(13)16/h2-7H,1H3,(H,17,18). The van der Waals surface area contributed by atoms with Gasteiger partial charge in [-0.3, -0.25) is 0 Å². The molecular weight excluding hydrogens is 315 g/mol. The highest BCUT2D eigenvalue weighted by Gasteiger charge is 2.10. The Labute approximate surface area is 117 Å². The first-order valence-electron chi connectivity index (χ1n) is 5.44. The molecule has 5 heteroatoms. The highest BCUT2D eigenvalue weighted by Crippen LogP contribution is 2.28. The van der Waals surface area contributed by atoms with Crippen LogP contribution in [0.3, 0.4) is 0 Å². The third-order valence-electron chi connectivity index (χ3n) is 2.55. The van der Waals surface area contributed by atoms with Crippen molar-refractivity contribution >= 4 is 21.9 Å². The first-order valence-corrected chi connectivity index (χ1v) is 6.23. The predicted molar refractivity (Wildman–Crippen MR) is 72.3 cm³/mol. The largest absolute Gasteiger partial charge is 0.478 e. The number of aromatic carboxylic acids is 1. The zero-order valence-electron chi connectivity index (χ0n) is 9.98. The number of halogens is 2. The van der Waals surface area contributed by atoms with Gasteiger partial charge in [-0.15, -0.1) is 0 Å². The molecule has 3 nitrogen and oxygen atoms in total. The number of ether oxygens (including phenoxy) is 1. The van der Waals surface area contributed by atoms with Crippen LogP contribution >= 0.6 is 15.9 Å². The zero-order chi connectivity index (χ0) is 14.0. The van der Waals surface area contributed by atoms with E-state index >= 15 is 0 Å². The van der Waals surface area contributed by atoms with E-state index in [4.69, 9.17) is 9.84 Å². The lowest BCUT2D eigenvalue weighted by Gasteiger charge is -2.09. The van der Waals surface area contributed by atoms with Crippen LogP contribution in [0.15, 0.2) is 40.9 Å². The second-order valence-corrected chi connectivity index (χ2v) is 4.87. The summed E-state index contributed by atoms with van der Waals surface area (Å²) in [6.45, 7) is 1.66. The second-order valence-electron chi connectivity index (χ2n) is 3.96. The Hall–Kier alpha value is -1.88. The lowest BCUT2D eigenvalue weighted by molar-refractivity contribution is 0.0696. The summed E-state index contributed by atoms with van der Waals surface area (Å²) in [6, 6.07) is 8.86. The minimum atomic E-state index is -1.00. The summed E-state index contributed by atoms with van der Waals surface area (Å²) >= 11 is 3.23. The lowest BCUT2D eigenvalue weighted by atomic mass is 10.1. The van der Waals surface area contributed by atoms with Gasteiger partial charge in [-0.1, -0.05) is 15.9 Å². The SMILES string of the molecule is Cc1cc(Oc2cc(Br)ccc2F)ccc1C(=O)O. The molecule has 0 unspecified atom stereocenters. The number of carboxylic acids is 1. The molecule has 0 aliphatic heterocycles. The Bertz CT molecular complexity index is 641. The van der Waals surface area contributed by atoms with E-state index in [1.807, 2.05) is 0 Å². The number of hydrogen-bond acceptors (Lipinski definition) is 2. The number of aryl methyl sites for hydroxylation is 1. The molecule has 0 saturated carbocycles. The maximum atomic E-state index is 13.5. The Morgan fingerprint density at radius 3 is 2.63 bits per heavy atom. The number of carboxylic acid groups (broad SMARTS) is 1. The lowest BCUT2D eigenvalue weighted by Crippen LogP contribution is -1.99. The van der Waals surface area contributed by atoms with Crippen LogP contribution in [-0.4, -0.2) is 11.1 Å². The molecule has 2 aromatic carbocycles. The van der Waals surface area contributed by atoms with Crippen LogP contribution in [0, 0.1) is 12.7 Å². The molecule has 2 rings (SSSR count). The minimum Gasteiger partial charge on any atom is -0.478 e. The van der Waals surface area contributed by atoms with Crippen molar-refractivity contribution in [1.29, 1.82) is 0 Å². The van der Waals surface area contributed by atoms with Gasteiger partial charge in [0.1, 0.15) is 5.75 Å². The van der Waals surface area contributed by atoms with Gasteiger partial charge in [-0.2, -0.15) is 0 Å². The van der Waals surface area contributed by atoms with Gasteiger partial charge < -0.3 is 9.84 Å². The summed E-state index contributed by atoms with van der Waals surface area (Å²) in [7, 11) is 0. The topological polar surface area (TPSA) is 46.5 Å². The molecule has 0 aliphatic rings. The first kappa shape index (κ1) is 13.5. The molecular formula is C14H10BrFO3. The van der Waals surface area contributed by atoms with Gasteiger partial charge >= 0.3 is 5.97 Å². The van der Waals surface area contributed by atoms with E-state index < -0.39 is 11.8 Å². The highest BCUT2D eigenvalue weighted by molar-refractivity contribution is 9.10. The van der Waals surface area contributed by atoms with E-state index in [1.54, 1.807) is 19.1 Å². The van der Waals surface area contributed by atoms with Crippen molar-refractivity contribution in [3.63, 3.8) is 0 Å². The second kappa shape index (κ2) is 5.40. The summed E-state index contributed by atoms with van der Waals surface area (Å²) < 4.78 is 19.6. The molecule has 0 fully saturated rings. The van der Waals surface area contributed by atoms with Crippen LogP contribution in [0.2, 0.25) is 0 Å². The summed E-state index contributed by atoms with van der Waals surface area (Å²) in [6.07, 6.45) is 0. The van der Waals surface area contributed by atoms with Gasteiger partial charge in [-0.05, 0) is 48.9 Å². The number of rotatable bonds is 3. The molecule has 0 radical (unpaired) electrons. The van der Waals surface area contributed by atoms with Crippen LogP contribution in [-0.2, 0) is 0 Å². The molecule has 0 bridgehead atoms. The fourth-order valence-electron chi connectivity index (χ4n) is 1.62. The third kappa shape index (κ3) is 3.12. The summed E-state index contributed by atoms with van der Waals surface area (Å²) in [5.74, 6) is -1.02. The van der Waals surface area contributed by atoms with Crippen LogP contribution < -0.4 is 4.74 Å².